The lowest BCUT2D eigenvalue weighted by atomic mass is 10.0. The van der Waals surface area contributed by atoms with Gasteiger partial charge in [0, 0.05) is 53.7 Å². The number of fused-ring (bicyclic) bond motifs is 2. The zero-order valence-corrected chi connectivity index (χ0v) is 15.1. The van der Waals surface area contributed by atoms with E-state index in [2.05, 4.69) is 33.1 Å². The third-order valence-corrected chi connectivity index (χ3v) is 5.45. The second kappa shape index (κ2) is 6.76. The van der Waals surface area contributed by atoms with Crippen LogP contribution in [-0.4, -0.2) is 34.0 Å². The molecule has 3 aromatic heterocycles. The van der Waals surface area contributed by atoms with Gasteiger partial charge in [-0.3, -0.25) is 14.9 Å². The number of nitrogens with two attached hydrogens (primary N) is 1. The van der Waals surface area contributed by atoms with Gasteiger partial charge in [0.2, 0.25) is 0 Å². The summed E-state index contributed by atoms with van der Waals surface area (Å²) in [6.07, 6.45) is 9.53. The van der Waals surface area contributed by atoms with Crippen LogP contribution in [-0.2, 0) is 6.54 Å². The minimum absolute atomic E-state index is 0.359. The minimum Gasteiger partial charge on any atom is -0.456 e. The van der Waals surface area contributed by atoms with E-state index in [4.69, 9.17) is 10.2 Å². The van der Waals surface area contributed by atoms with Gasteiger partial charge in [0.15, 0.2) is 0 Å². The first kappa shape index (κ1) is 16.4. The van der Waals surface area contributed by atoms with Crippen molar-refractivity contribution >= 4 is 21.7 Å². The zero-order chi connectivity index (χ0) is 18.2. The van der Waals surface area contributed by atoms with E-state index in [0.29, 0.717) is 6.04 Å². The number of nitrogens with zero attached hydrogens (tertiary/aromatic N) is 3. The number of piperidine rings is 1. The molecule has 5 nitrogen and oxygen atoms in total. The monoisotopic (exact) mass is 358 g/mol. The quantitative estimate of drug-likeness (QED) is 0.600. The van der Waals surface area contributed by atoms with Crippen molar-refractivity contribution in [3.05, 3.63) is 60.7 Å². The van der Waals surface area contributed by atoms with Crippen LogP contribution in [0, 0.1) is 0 Å². The maximum Gasteiger partial charge on any atom is 0.137 e. The molecule has 0 spiro atoms. The first-order valence-electron chi connectivity index (χ1n) is 9.45. The highest BCUT2D eigenvalue weighted by molar-refractivity contribution is 5.97. The highest BCUT2D eigenvalue weighted by atomic mass is 16.3. The Morgan fingerprint density at radius 3 is 2.70 bits per heavy atom. The van der Waals surface area contributed by atoms with Crippen LogP contribution in [0.2, 0.25) is 0 Å². The van der Waals surface area contributed by atoms with Crippen LogP contribution in [0.25, 0.3) is 33.1 Å². The number of aromatic nitrogens is 2. The number of hydrogen-bond acceptors (Lipinski definition) is 5. The van der Waals surface area contributed by atoms with Crippen molar-refractivity contribution in [3.63, 3.8) is 0 Å². The second-order valence-corrected chi connectivity index (χ2v) is 7.38. The third kappa shape index (κ3) is 3.20. The molecular formula is C22H22N4O. The Labute approximate surface area is 157 Å². The number of pyridine rings is 2. The number of rotatable bonds is 3. The van der Waals surface area contributed by atoms with Crippen LogP contribution in [0.5, 0.6) is 0 Å². The molecule has 0 bridgehead atoms. The van der Waals surface area contributed by atoms with Crippen LogP contribution in [0.15, 0.2) is 59.5 Å². The molecule has 4 heterocycles. The molecular weight excluding hydrogens is 336 g/mol. The maximum absolute atomic E-state index is 6.06. The fraction of sp³-hybridized carbons (Fsp3) is 0.273. The van der Waals surface area contributed by atoms with Gasteiger partial charge in [0.1, 0.15) is 11.3 Å². The molecule has 0 atom stereocenters. The van der Waals surface area contributed by atoms with Gasteiger partial charge in [-0.15, -0.1) is 0 Å². The highest BCUT2D eigenvalue weighted by Gasteiger charge is 2.17. The summed E-state index contributed by atoms with van der Waals surface area (Å²) in [6, 6.07) is 10.9. The number of benzene rings is 1. The average Bonchev–Trinajstić information content (AvgIpc) is 3.13. The van der Waals surface area contributed by atoms with Crippen LogP contribution in [0.1, 0.15) is 18.4 Å². The van der Waals surface area contributed by atoms with Crippen LogP contribution < -0.4 is 5.73 Å². The largest absolute Gasteiger partial charge is 0.456 e. The van der Waals surface area contributed by atoms with Crippen LogP contribution in [0.4, 0.5) is 0 Å². The van der Waals surface area contributed by atoms with Gasteiger partial charge in [-0.05, 0) is 55.1 Å². The van der Waals surface area contributed by atoms with E-state index in [1.807, 2.05) is 30.7 Å². The first-order chi connectivity index (χ1) is 13.3. The Kier molecular flexibility index (Phi) is 4.11. The lowest BCUT2D eigenvalue weighted by Crippen LogP contribution is -2.39. The maximum atomic E-state index is 6.06. The first-order valence-corrected chi connectivity index (χ1v) is 9.45. The van der Waals surface area contributed by atoms with Crippen molar-refractivity contribution in [1.82, 2.24) is 14.9 Å². The molecule has 1 fully saturated rings. The summed E-state index contributed by atoms with van der Waals surface area (Å²) >= 11 is 0. The molecule has 0 saturated carbocycles. The van der Waals surface area contributed by atoms with Gasteiger partial charge < -0.3 is 10.2 Å². The normalized spacial score (nSPS) is 16.3. The molecule has 27 heavy (non-hydrogen) atoms. The molecule has 2 N–H and O–H groups in total. The molecule has 1 aliphatic rings. The zero-order valence-electron chi connectivity index (χ0n) is 15.1. The molecule has 0 radical (unpaired) electrons. The Hall–Kier alpha value is -2.76. The van der Waals surface area contributed by atoms with Gasteiger partial charge >= 0.3 is 0 Å². The third-order valence-electron chi connectivity index (χ3n) is 5.45. The summed E-state index contributed by atoms with van der Waals surface area (Å²) in [5.74, 6) is 0.831. The topological polar surface area (TPSA) is 68.2 Å². The van der Waals surface area contributed by atoms with E-state index in [9.17, 15) is 0 Å². The SMILES string of the molecule is NC1CCN(Cc2ccc3cncc(-c4cc5cnccc5o4)c3c2)CC1. The van der Waals surface area contributed by atoms with Gasteiger partial charge in [0.25, 0.3) is 0 Å². The lowest BCUT2D eigenvalue weighted by Gasteiger charge is -2.30. The number of hydrogen-bond donors (Lipinski definition) is 1. The smallest absolute Gasteiger partial charge is 0.137 e. The van der Waals surface area contributed by atoms with Crippen molar-refractivity contribution < 1.29 is 4.42 Å². The molecule has 0 amide bonds. The molecule has 1 aromatic carbocycles. The van der Waals surface area contributed by atoms with Gasteiger partial charge in [0.05, 0.1) is 0 Å². The lowest BCUT2D eigenvalue weighted by molar-refractivity contribution is 0.206. The van der Waals surface area contributed by atoms with Crippen molar-refractivity contribution in [3.8, 4) is 11.3 Å². The summed E-state index contributed by atoms with van der Waals surface area (Å²) in [5.41, 5.74) is 9.21. The molecule has 5 heteroatoms. The van der Waals surface area contributed by atoms with Crippen LogP contribution >= 0.6 is 0 Å². The minimum atomic E-state index is 0.359. The van der Waals surface area contributed by atoms with E-state index in [1.54, 1.807) is 6.20 Å². The standard InChI is InChI=1S/C22H22N4O/c23-18-4-7-26(8-5-18)14-15-1-2-16-11-25-13-20(19(16)9-15)22-10-17-12-24-6-3-21(17)27-22/h1-3,6,9-13,18H,4-5,7-8,14,23H2. The van der Waals surface area contributed by atoms with E-state index >= 15 is 0 Å². The van der Waals surface area contributed by atoms with E-state index in [1.165, 1.54) is 10.9 Å². The average molecular weight is 358 g/mol. The van der Waals surface area contributed by atoms with E-state index < -0.39 is 0 Å². The Bertz CT molecular complexity index is 1060. The van der Waals surface area contributed by atoms with Gasteiger partial charge in [-0.1, -0.05) is 12.1 Å². The van der Waals surface area contributed by atoms with E-state index in [0.717, 1.165) is 60.2 Å². The number of furan rings is 1. The van der Waals surface area contributed by atoms with Crippen LogP contribution in [0.3, 0.4) is 0 Å². The fourth-order valence-electron chi connectivity index (χ4n) is 3.89. The Morgan fingerprint density at radius 1 is 1.00 bits per heavy atom. The second-order valence-electron chi connectivity index (χ2n) is 7.38. The molecule has 0 aliphatic carbocycles. The van der Waals surface area contributed by atoms with Gasteiger partial charge in [-0.2, -0.15) is 0 Å². The highest BCUT2D eigenvalue weighted by Crippen LogP contribution is 2.32. The Balaban J connectivity index is 1.52. The van der Waals surface area contributed by atoms with E-state index in [-0.39, 0.29) is 0 Å². The molecule has 136 valence electrons. The summed E-state index contributed by atoms with van der Waals surface area (Å²) in [7, 11) is 0. The van der Waals surface area contributed by atoms with Crippen molar-refractivity contribution in [2.24, 2.45) is 5.73 Å². The summed E-state index contributed by atoms with van der Waals surface area (Å²) in [6.45, 7) is 3.09. The Morgan fingerprint density at radius 2 is 1.85 bits per heavy atom. The van der Waals surface area contributed by atoms with Crippen molar-refractivity contribution in [2.75, 3.05) is 13.1 Å². The van der Waals surface area contributed by atoms with Crippen molar-refractivity contribution in [2.45, 2.75) is 25.4 Å². The predicted molar refractivity (Wildman–Crippen MR) is 107 cm³/mol. The number of likely N-dealkylation sites (tertiary alicyclic amines) is 1. The van der Waals surface area contributed by atoms with Gasteiger partial charge in [-0.25, -0.2) is 0 Å². The summed E-state index contributed by atoms with van der Waals surface area (Å²) < 4.78 is 6.06. The summed E-state index contributed by atoms with van der Waals surface area (Å²) in [5, 5.41) is 3.30. The summed E-state index contributed by atoms with van der Waals surface area (Å²) in [4.78, 5) is 11.1. The predicted octanol–water partition coefficient (Wildman–Crippen LogP) is 3.97. The van der Waals surface area contributed by atoms with Crippen molar-refractivity contribution in [1.29, 1.82) is 0 Å². The molecule has 5 rings (SSSR count). The molecule has 1 saturated heterocycles. The molecule has 1 aliphatic heterocycles. The fourth-order valence-corrected chi connectivity index (χ4v) is 3.89. The molecule has 0 unspecified atom stereocenters. The molecule has 4 aromatic rings.